The first-order chi connectivity index (χ1) is 8.78. The molecule has 18 heavy (non-hydrogen) atoms. The standard InChI is InChI=1S/C13H20N4O/c1-3-17-4-5-18-12(8-17)13-15-9(2)10-6-14-7-11(10)16-13/h12,14H,3-8H2,1-2H3. The fourth-order valence-corrected chi connectivity index (χ4v) is 2.65. The van der Waals surface area contributed by atoms with Gasteiger partial charge in [-0.15, -0.1) is 0 Å². The summed E-state index contributed by atoms with van der Waals surface area (Å²) in [5.41, 5.74) is 3.51. The Morgan fingerprint density at radius 2 is 2.28 bits per heavy atom. The van der Waals surface area contributed by atoms with E-state index in [9.17, 15) is 0 Å². The average Bonchev–Trinajstić information content (AvgIpc) is 2.87. The largest absolute Gasteiger partial charge is 0.368 e. The van der Waals surface area contributed by atoms with Gasteiger partial charge in [0.1, 0.15) is 6.10 Å². The Morgan fingerprint density at radius 1 is 1.39 bits per heavy atom. The van der Waals surface area contributed by atoms with Crippen LogP contribution in [-0.4, -0.2) is 41.1 Å². The number of likely N-dealkylation sites (N-methyl/N-ethyl adjacent to an activating group) is 1. The fourth-order valence-electron chi connectivity index (χ4n) is 2.65. The third kappa shape index (κ3) is 2.13. The molecule has 1 unspecified atom stereocenters. The van der Waals surface area contributed by atoms with Crippen molar-refractivity contribution in [2.75, 3.05) is 26.2 Å². The molecule has 1 aromatic heterocycles. The molecule has 0 saturated carbocycles. The lowest BCUT2D eigenvalue weighted by Gasteiger charge is -2.31. The van der Waals surface area contributed by atoms with E-state index in [0.717, 1.165) is 56.5 Å². The molecule has 0 aliphatic carbocycles. The molecule has 98 valence electrons. The van der Waals surface area contributed by atoms with Crippen LogP contribution in [0.5, 0.6) is 0 Å². The molecule has 5 heteroatoms. The van der Waals surface area contributed by atoms with Crippen molar-refractivity contribution in [3.63, 3.8) is 0 Å². The monoisotopic (exact) mass is 248 g/mol. The second-order valence-corrected chi connectivity index (χ2v) is 4.95. The Bertz CT molecular complexity index is 449. The number of morpholine rings is 1. The van der Waals surface area contributed by atoms with Gasteiger partial charge in [0.05, 0.1) is 12.3 Å². The Balaban J connectivity index is 1.86. The van der Waals surface area contributed by atoms with Gasteiger partial charge in [-0.3, -0.25) is 4.90 Å². The SMILES string of the molecule is CCN1CCOC(c2nc(C)c3c(n2)CNC3)C1. The van der Waals surface area contributed by atoms with Crippen molar-refractivity contribution in [2.24, 2.45) is 0 Å². The van der Waals surface area contributed by atoms with Crippen LogP contribution in [0.3, 0.4) is 0 Å². The number of hydrogen-bond donors (Lipinski definition) is 1. The van der Waals surface area contributed by atoms with Gasteiger partial charge in [-0.25, -0.2) is 9.97 Å². The number of nitrogens with one attached hydrogen (secondary N) is 1. The van der Waals surface area contributed by atoms with Crippen LogP contribution in [0.4, 0.5) is 0 Å². The highest BCUT2D eigenvalue weighted by Gasteiger charge is 2.25. The highest BCUT2D eigenvalue weighted by molar-refractivity contribution is 5.28. The Kier molecular flexibility index (Phi) is 3.28. The molecule has 0 bridgehead atoms. The van der Waals surface area contributed by atoms with Gasteiger partial charge in [-0.05, 0) is 13.5 Å². The normalized spacial score (nSPS) is 24.2. The van der Waals surface area contributed by atoms with E-state index in [1.54, 1.807) is 0 Å². The predicted octanol–water partition coefficient (Wildman–Crippen LogP) is 0.781. The molecule has 1 saturated heterocycles. The molecule has 1 N–H and O–H groups in total. The van der Waals surface area contributed by atoms with E-state index in [4.69, 9.17) is 4.74 Å². The minimum Gasteiger partial charge on any atom is -0.368 e. The van der Waals surface area contributed by atoms with Crippen molar-refractivity contribution < 1.29 is 4.74 Å². The van der Waals surface area contributed by atoms with Gasteiger partial charge in [-0.2, -0.15) is 0 Å². The fraction of sp³-hybridized carbons (Fsp3) is 0.692. The minimum absolute atomic E-state index is 0.0308. The highest BCUT2D eigenvalue weighted by atomic mass is 16.5. The summed E-state index contributed by atoms with van der Waals surface area (Å²) in [5, 5.41) is 3.32. The summed E-state index contributed by atoms with van der Waals surface area (Å²) >= 11 is 0. The van der Waals surface area contributed by atoms with Crippen LogP contribution in [0.1, 0.15) is 35.8 Å². The number of aryl methyl sites for hydroxylation is 1. The molecule has 2 aliphatic heterocycles. The van der Waals surface area contributed by atoms with Gasteiger partial charge in [0.25, 0.3) is 0 Å². The van der Waals surface area contributed by atoms with Crippen LogP contribution in [0.15, 0.2) is 0 Å². The molecule has 1 atom stereocenters. The second-order valence-electron chi connectivity index (χ2n) is 4.95. The molecular weight excluding hydrogens is 228 g/mol. The molecule has 0 aromatic carbocycles. The average molecular weight is 248 g/mol. The number of rotatable bonds is 2. The zero-order valence-electron chi connectivity index (χ0n) is 11.1. The predicted molar refractivity (Wildman–Crippen MR) is 68.1 cm³/mol. The zero-order valence-corrected chi connectivity index (χ0v) is 11.1. The highest BCUT2D eigenvalue weighted by Crippen LogP contribution is 2.23. The molecule has 3 heterocycles. The first-order valence-electron chi connectivity index (χ1n) is 6.69. The Morgan fingerprint density at radius 3 is 3.11 bits per heavy atom. The van der Waals surface area contributed by atoms with Crippen molar-refractivity contribution in [1.82, 2.24) is 20.2 Å². The molecule has 5 nitrogen and oxygen atoms in total. The number of ether oxygens (including phenoxy) is 1. The van der Waals surface area contributed by atoms with Crippen LogP contribution in [0, 0.1) is 6.92 Å². The number of fused-ring (bicyclic) bond motifs is 1. The lowest BCUT2D eigenvalue weighted by atomic mass is 10.2. The molecule has 0 radical (unpaired) electrons. The van der Waals surface area contributed by atoms with E-state index in [1.165, 1.54) is 5.56 Å². The Hall–Kier alpha value is -1.04. The number of hydrogen-bond acceptors (Lipinski definition) is 5. The minimum atomic E-state index is 0.0308. The number of aromatic nitrogens is 2. The Labute approximate surface area is 108 Å². The van der Waals surface area contributed by atoms with Gasteiger partial charge < -0.3 is 10.1 Å². The van der Waals surface area contributed by atoms with E-state index in [2.05, 4.69) is 34.0 Å². The second kappa shape index (κ2) is 4.91. The molecule has 0 amide bonds. The maximum Gasteiger partial charge on any atom is 0.158 e. The van der Waals surface area contributed by atoms with Gasteiger partial charge in [-0.1, -0.05) is 6.92 Å². The van der Waals surface area contributed by atoms with Crippen molar-refractivity contribution in [2.45, 2.75) is 33.0 Å². The molecule has 0 spiro atoms. The lowest BCUT2D eigenvalue weighted by molar-refractivity contribution is -0.0327. The van der Waals surface area contributed by atoms with Gasteiger partial charge in [0.2, 0.25) is 0 Å². The molecule has 3 rings (SSSR count). The van der Waals surface area contributed by atoms with Crippen molar-refractivity contribution in [3.8, 4) is 0 Å². The van der Waals surface area contributed by atoms with Crippen LogP contribution >= 0.6 is 0 Å². The summed E-state index contributed by atoms with van der Waals surface area (Å²) in [6, 6.07) is 0. The van der Waals surface area contributed by atoms with Crippen LogP contribution in [-0.2, 0) is 17.8 Å². The lowest BCUT2D eigenvalue weighted by Crippen LogP contribution is -2.38. The summed E-state index contributed by atoms with van der Waals surface area (Å²) in [7, 11) is 0. The summed E-state index contributed by atoms with van der Waals surface area (Å²) < 4.78 is 5.82. The van der Waals surface area contributed by atoms with Crippen molar-refractivity contribution in [3.05, 3.63) is 22.8 Å². The maximum absolute atomic E-state index is 5.82. The first-order valence-corrected chi connectivity index (χ1v) is 6.69. The smallest absolute Gasteiger partial charge is 0.158 e. The van der Waals surface area contributed by atoms with E-state index < -0.39 is 0 Å². The maximum atomic E-state index is 5.82. The van der Waals surface area contributed by atoms with Crippen molar-refractivity contribution >= 4 is 0 Å². The summed E-state index contributed by atoms with van der Waals surface area (Å²) in [5.74, 6) is 0.855. The third-order valence-corrected chi connectivity index (χ3v) is 3.80. The first kappa shape index (κ1) is 12.0. The summed E-state index contributed by atoms with van der Waals surface area (Å²) in [6.07, 6.45) is 0.0308. The summed E-state index contributed by atoms with van der Waals surface area (Å²) in [4.78, 5) is 11.7. The quantitative estimate of drug-likeness (QED) is 0.838. The van der Waals surface area contributed by atoms with E-state index in [1.807, 2.05) is 0 Å². The third-order valence-electron chi connectivity index (χ3n) is 3.80. The molecule has 1 fully saturated rings. The van der Waals surface area contributed by atoms with E-state index >= 15 is 0 Å². The van der Waals surface area contributed by atoms with Gasteiger partial charge in [0.15, 0.2) is 5.82 Å². The van der Waals surface area contributed by atoms with E-state index in [-0.39, 0.29) is 6.10 Å². The van der Waals surface area contributed by atoms with Gasteiger partial charge >= 0.3 is 0 Å². The number of nitrogens with zero attached hydrogens (tertiary/aromatic N) is 3. The molecular formula is C13H20N4O. The van der Waals surface area contributed by atoms with Crippen molar-refractivity contribution in [1.29, 1.82) is 0 Å². The van der Waals surface area contributed by atoms with Crippen LogP contribution in [0.25, 0.3) is 0 Å². The molecule has 2 aliphatic rings. The van der Waals surface area contributed by atoms with Gasteiger partial charge in [0, 0.05) is 37.4 Å². The topological polar surface area (TPSA) is 50.3 Å². The van der Waals surface area contributed by atoms with Crippen LogP contribution < -0.4 is 5.32 Å². The zero-order chi connectivity index (χ0) is 12.5. The van der Waals surface area contributed by atoms with E-state index in [0.29, 0.717) is 0 Å². The van der Waals surface area contributed by atoms with Crippen LogP contribution in [0.2, 0.25) is 0 Å². The summed E-state index contributed by atoms with van der Waals surface area (Å²) in [6.45, 7) is 9.75. The molecule has 1 aromatic rings.